The van der Waals surface area contributed by atoms with E-state index in [1.807, 2.05) is 85.1 Å². The largest absolute Gasteiger partial charge is 0.272 e. The minimum Gasteiger partial charge on any atom is -0.272 e. The number of thioether (sulfide) groups is 1. The van der Waals surface area contributed by atoms with E-state index in [0.29, 0.717) is 16.0 Å². The molecule has 184 valence electrons. The third kappa shape index (κ3) is 5.74. The molecule has 0 aliphatic carbocycles. The molecule has 6 nitrogen and oxygen atoms in total. The Morgan fingerprint density at radius 2 is 1.68 bits per heavy atom. The Kier molecular flexibility index (Phi) is 7.35. The highest BCUT2D eigenvalue weighted by Crippen LogP contribution is 2.29. The molecule has 0 saturated carbocycles. The van der Waals surface area contributed by atoms with Gasteiger partial charge in [0.05, 0.1) is 11.5 Å². The zero-order valence-corrected chi connectivity index (χ0v) is 21.9. The number of rotatable bonds is 7. The second-order valence-corrected chi connectivity index (χ2v) is 9.95. The van der Waals surface area contributed by atoms with Crippen molar-refractivity contribution in [2.24, 2.45) is 5.10 Å². The van der Waals surface area contributed by atoms with E-state index < -0.39 is 0 Å². The number of carbonyl (C=O) groups excluding carboxylic acids is 1. The maximum absolute atomic E-state index is 12.7. The molecule has 0 radical (unpaired) electrons. The summed E-state index contributed by atoms with van der Waals surface area (Å²) < 4.78 is 1.93. The number of nitrogens with one attached hydrogen (secondary N) is 1. The molecule has 0 saturated heterocycles. The molecule has 5 aromatic rings. The number of benzene rings is 4. The van der Waals surface area contributed by atoms with Gasteiger partial charge in [0.1, 0.15) is 0 Å². The monoisotopic (exact) mass is 525 g/mol. The van der Waals surface area contributed by atoms with Crippen LogP contribution in [0.2, 0.25) is 5.02 Å². The van der Waals surface area contributed by atoms with Crippen molar-refractivity contribution >= 4 is 45.8 Å². The lowest BCUT2D eigenvalue weighted by Crippen LogP contribution is -2.21. The summed E-state index contributed by atoms with van der Waals surface area (Å²) in [7, 11) is 0. The van der Waals surface area contributed by atoms with Crippen LogP contribution in [0.4, 0.5) is 0 Å². The fraction of sp³-hybridized carbons (Fsp3) is 0.103. The molecule has 0 unspecified atom stereocenters. The number of hydrazone groups is 1. The van der Waals surface area contributed by atoms with Gasteiger partial charge in [-0.2, -0.15) is 5.10 Å². The molecular formula is C29H24ClN5OS. The molecule has 1 N–H and O–H groups in total. The first-order valence-electron chi connectivity index (χ1n) is 11.7. The zero-order valence-electron chi connectivity index (χ0n) is 20.4. The average molecular weight is 526 g/mol. The number of aromatic nitrogens is 3. The molecule has 4 aromatic carbocycles. The van der Waals surface area contributed by atoms with E-state index in [1.54, 1.807) is 0 Å². The van der Waals surface area contributed by atoms with Crippen LogP contribution in [0.3, 0.4) is 0 Å². The molecule has 0 bridgehead atoms. The fourth-order valence-corrected chi connectivity index (χ4v) is 4.73. The van der Waals surface area contributed by atoms with Crippen LogP contribution >= 0.6 is 23.4 Å². The molecule has 0 aliphatic rings. The van der Waals surface area contributed by atoms with Gasteiger partial charge >= 0.3 is 0 Å². The van der Waals surface area contributed by atoms with Crippen molar-refractivity contribution in [3.05, 3.63) is 107 Å². The van der Waals surface area contributed by atoms with E-state index in [4.69, 9.17) is 11.6 Å². The van der Waals surface area contributed by atoms with Gasteiger partial charge in [0.25, 0.3) is 5.91 Å². The summed E-state index contributed by atoms with van der Waals surface area (Å²) >= 11 is 7.41. The van der Waals surface area contributed by atoms with Crippen LogP contribution in [0.1, 0.15) is 18.1 Å². The number of amides is 1. The second kappa shape index (κ2) is 11.0. The topological polar surface area (TPSA) is 72.2 Å². The molecular weight excluding hydrogens is 502 g/mol. The highest BCUT2D eigenvalue weighted by atomic mass is 35.5. The van der Waals surface area contributed by atoms with Crippen LogP contribution in [0.15, 0.2) is 101 Å². The summed E-state index contributed by atoms with van der Waals surface area (Å²) in [5.74, 6) is 0.594. The standard InChI is InChI=1S/C29H24ClN5OS/c1-19-7-9-22(10-8-19)28-33-34-29(35(28)26-15-13-25(30)14-16-26)37-18-27(36)32-31-20(2)23-12-11-21-5-3-4-6-24(21)17-23/h3-17H,18H2,1-2H3,(H,32,36). The summed E-state index contributed by atoms with van der Waals surface area (Å²) in [5, 5.41) is 16.7. The predicted octanol–water partition coefficient (Wildman–Crippen LogP) is 6.68. The van der Waals surface area contributed by atoms with Crippen molar-refractivity contribution < 1.29 is 4.79 Å². The molecule has 0 atom stereocenters. The Bertz CT molecular complexity index is 1590. The lowest BCUT2D eigenvalue weighted by molar-refractivity contribution is -0.118. The van der Waals surface area contributed by atoms with Gasteiger partial charge in [-0.25, -0.2) is 5.43 Å². The number of fused-ring (bicyclic) bond motifs is 1. The third-order valence-corrected chi connectivity index (χ3v) is 7.06. The number of halogens is 1. The van der Waals surface area contributed by atoms with Crippen LogP contribution in [0.5, 0.6) is 0 Å². The van der Waals surface area contributed by atoms with Crippen molar-refractivity contribution in [3.63, 3.8) is 0 Å². The van der Waals surface area contributed by atoms with Gasteiger partial charge < -0.3 is 0 Å². The summed E-state index contributed by atoms with van der Waals surface area (Å²) in [4.78, 5) is 12.7. The maximum Gasteiger partial charge on any atom is 0.250 e. The van der Waals surface area contributed by atoms with E-state index >= 15 is 0 Å². The molecule has 1 heterocycles. The molecule has 37 heavy (non-hydrogen) atoms. The van der Waals surface area contributed by atoms with Crippen LogP contribution in [0, 0.1) is 6.92 Å². The van der Waals surface area contributed by atoms with Crippen molar-refractivity contribution in [1.82, 2.24) is 20.2 Å². The Balaban J connectivity index is 1.33. The van der Waals surface area contributed by atoms with Gasteiger partial charge in [0.2, 0.25) is 0 Å². The number of hydrogen-bond donors (Lipinski definition) is 1. The third-order valence-electron chi connectivity index (χ3n) is 5.88. The van der Waals surface area contributed by atoms with Crippen LogP contribution in [0.25, 0.3) is 27.8 Å². The fourth-order valence-electron chi connectivity index (χ4n) is 3.86. The highest BCUT2D eigenvalue weighted by Gasteiger charge is 2.17. The molecule has 0 spiro atoms. The smallest absolute Gasteiger partial charge is 0.250 e. The van der Waals surface area contributed by atoms with Crippen LogP contribution in [-0.4, -0.2) is 32.1 Å². The Hall–Kier alpha value is -3.94. The summed E-state index contributed by atoms with van der Waals surface area (Å²) in [6.45, 7) is 3.92. The first-order valence-corrected chi connectivity index (χ1v) is 13.1. The maximum atomic E-state index is 12.7. The predicted molar refractivity (Wildman–Crippen MR) is 152 cm³/mol. The van der Waals surface area contributed by atoms with Gasteiger partial charge in [-0.15, -0.1) is 10.2 Å². The van der Waals surface area contributed by atoms with Gasteiger partial charge in [-0.05, 0) is 60.5 Å². The van der Waals surface area contributed by atoms with Gasteiger partial charge in [-0.1, -0.05) is 89.6 Å². The van der Waals surface area contributed by atoms with E-state index in [1.165, 1.54) is 11.8 Å². The number of nitrogens with zero attached hydrogens (tertiary/aromatic N) is 4. The summed E-state index contributed by atoms with van der Waals surface area (Å²) in [5.41, 5.74) is 7.30. The van der Waals surface area contributed by atoms with Crippen LogP contribution in [-0.2, 0) is 4.79 Å². The number of aryl methyl sites for hydroxylation is 1. The lowest BCUT2D eigenvalue weighted by Gasteiger charge is -2.11. The van der Waals surface area contributed by atoms with Crippen molar-refractivity contribution in [2.45, 2.75) is 19.0 Å². The van der Waals surface area contributed by atoms with Crippen molar-refractivity contribution in [1.29, 1.82) is 0 Å². The van der Waals surface area contributed by atoms with Gasteiger partial charge in [-0.3, -0.25) is 9.36 Å². The molecule has 8 heteroatoms. The second-order valence-electron chi connectivity index (χ2n) is 8.57. The van der Waals surface area contributed by atoms with Crippen molar-refractivity contribution in [2.75, 3.05) is 5.75 Å². The molecule has 5 rings (SSSR count). The Morgan fingerprint density at radius 3 is 2.43 bits per heavy atom. The van der Waals surface area contributed by atoms with E-state index in [0.717, 1.165) is 38.9 Å². The van der Waals surface area contributed by atoms with Crippen LogP contribution < -0.4 is 5.43 Å². The highest BCUT2D eigenvalue weighted by molar-refractivity contribution is 7.99. The summed E-state index contributed by atoms with van der Waals surface area (Å²) in [6.07, 6.45) is 0. The normalized spacial score (nSPS) is 11.6. The summed E-state index contributed by atoms with van der Waals surface area (Å²) in [6, 6.07) is 29.8. The quantitative estimate of drug-likeness (QED) is 0.146. The number of hydrogen-bond acceptors (Lipinski definition) is 5. The molecule has 1 amide bonds. The SMILES string of the molecule is CC(=NNC(=O)CSc1nnc(-c2ccc(C)cc2)n1-c1ccc(Cl)cc1)c1ccc2ccccc2c1. The first kappa shape index (κ1) is 24.7. The van der Waals surface area contributed by atoms with Gasteiger partial charge in [0, 0.05) is 16.3 Å². The van der Waals surface area contributed by atoms with Gasteiger partial charge in [0.15, 0.2) is 11.0 Å². The molecule has 0 fully saturated rings. The zero-order chi connectivity index (χ0) is 25.8. The van der Waals surface area contributed by atoms with E-state index in [-0.39, 0.29) is 11.7 Å². The Morgan fingerprint density at radius 1 is 0.946 bits per heavy atom. The minimum absolute atomic E-state index is 0.133. The number of carbonyl (C=O) groups is 1. The van der Waals surface area contributed by atoms with E-state index in [9.17, 15) is 4.79 Å². The average Bonchev–Trinajstić information content (AvgIpc) is 3.35. The van der Waals surface area contributed by atoms with E-state index in [2.05, 4.69) is 45.0 Å². The molecule has 1 aromatic heterocycles. The molecule has 0 aliphatic heterocycles. The minimum atomic E-state index is -0.229. The first-order chi connectivity index (χ1) is 18.0. The lowest BCUT2D eigenvalue weighted by atomic mass is 10.0. The van der Waals surface area contributed by atoms with Crippen molar-refractivity contribution in [3.8, 4) is 17.1 Å². The Labute approximate surface area is 224 Å².